The molecule has 4 nitrogen and oxygen atoms in total. The highest BCUT2D eigenvalue weighted by Crippen LogP contribution is 2.32. The average molecular weight is 277 g/mol. The molecule has 0 bridgehead atoms. The lowest BCUT2D eigenvalue weighted by molar-refractivity contribution is -0.144. The number of aryl methyl sites for hydroxylation is 1. The normalized spacial score (nSPS) is 21.8. The summed E-state index contributed by atoms with van der Waals surface area (Å²) in [5.41, 5.74) is -0.479. The van der Waals surface area contributed by atoms with Gasteiger partial charge in [-0.05, 0) is 25.3 Å². The van der Waals surface area contributed by atoms with Gasteiger partial charge in [0.1, 0.15) is 5.69 Å². The molecular weight excluding hydrogens is 259 g/mol. The van der Waals surface area contributed by atoms with Gasteiger partial charge in [-0.2, -0.15) is 18.3 Å². The Bertz CT molecular complexity index is 430. The first kappa shape index (κ1) is 14.3. The zero-order chi connectivity index (χ0) is 14.0. The van der Waals surface area contributed by atoms with E-state index in [4.69, 9.17) is 5.11 Å². The van der Waals surface area contributed by atoms with Gasteiger partial charge in [-0.3, -0.25) is 9.58 Å². The summed E-state index contributed by atoms with van der Waals surface area (Å²) in [7, 11) is 1.30. The van der Waals surface area contributed by atoms with Gasteiger partial charge < -0.3 is 5.11 Å². The second-order valence-corrected chi connectivity index (χ2v) is 5.07. The zero-order valence-electron chi connectivity index (χ0n) is 10.8. The van der Waals surface area contributed by atoms with Crippen LogP contribution in [-0.2, 0) is 19.8 Å². The Kier molecular flexibility index (Phi) is 4.15. The number of hydrogen-bond donors (Lipinski definition) is 1. The van der Waals surface area contributed by atoms with E-state index >= 15 is 0 Å². The molecule has 108 valence electrons. The van der Waals surface area contributed by atoms with E-state index in [-0.39, 0.29) is 24.6 Å². The van der Waals surface area contributed by atoms with Crippen LogP contribution in [0.5, 0.6) is 0 Å². The summed E-state index contributed by atoms with van der Waals surface area (Å²) in [5, 5.41) is 12.8. The summed E-state index contributed by atoms with van der Waals surface area (Å²) in [6.45, 7) is 1.74. The van der Waals surface area contributed by atoms with E-state index in [1.165, 1.54) is 13.2 Å². The molecule has 2 rings (SSSR count). The van der Waals surface area contributed by atoms with Gasteiger partial charge in [-0.25, -0.2) is 0 Å². The number of hydrogen-bond acceptors (Lipinski definition) is 3. The van der Waals surface area contributed by atoms with Crippen molar-refractivity contribution in [1.82, 2.24) is 14.7 Å². The maximum atomic E-state index is 12.9. The van der Waals surface area contributed by atoms with Crippen molar-refractivity contribution in [1.29, 1.82) is 0 Å². The smallest absolute Gasteiger partial charge is 0.396 e. The van der Waals surface area contributed by atoms with Gasteiger partial charge in [0.2, 0.25) is 0 Å². The fraction of sp³-hybridized carbons (Fsp3) is 0.750. The number of aromatic nitrogens is 2. The van der Waals surface area contributed by atoms with Gasteiger partial charge in [-0.15, -0.1) is 0 Å². The predicted octanol–water partition coefficient (Wildman–Crippen LogP) is 1.64. The Labute approximate surface area is 109 Å². The fourth-order valence-corrected chi connectivity index (χ4v) is 2.65. The molecule has 19 heavy (non-hydrogen) atoms. The molecule has 1 unspecified atom stereocenters. The molecule has 1 N–H and O–H groups in total. The first-order valence-electron chi connectivity index (χ1n) is 6.33. The highest BCUT2D eigenvalue weighted by Gasteiger charge is 2.37. The highest BCUT2D eigenvalue weighted by molar-refractivity contribution is 5.20. The fourth-order valence-electron chi connectivity index (χ4n) is 2.65. The van der Waals surface area contributed by atoms with Crippen molar-refractivity contribution in [3.05, 3.63) is 17.5 Å². The Morgan fingerprint density at radius 3 is 2.84 bits per heavy atom. The minimum Gasteiger partial charge on any atom is -0.396 e. The number of rotatable bonds is 3. The Morgan fingerprint density at radius 2 is 2.21 bits per heavy atom. The SMILES string of the molecule is Cn1ncc(CN2CCCC(CO)C2)c1C(F)(F)F. The van der Waals surface area contributed by atoms with Crippen molar-refractivity contribution in [2.75, 3.05) is 19.7 Å². The number of aliphatic hydroxyl groups is 1. The Hall–Kier alpha value is -1.08. The van der Waals surface area contributed by atoms with Gasteiger partial charge >= 0.3 is 6.18 Å². The summed E-state index contributed by atoms with van der Waals surface area (Å²) in [4.78, 5) is 1.96. The van der Waals surface area contributed by atoms with Crippen molar-refractivity contribution >= 4 is 0 Å². The lowest BCUT2D eigenvalue weighted by Gasteiger charge is -2.31. The lowest BCUT2D eigenvalue weighted by Crippen LogP contribution is -2.36. The van der Waals surface area contributed by atoms with Crippen LogP contribution in [-0.4, -0.2) is 39.5 Å². The van der Waals surface area contributed by atoms with Crippen LogP contribution in [0.15, 0.2) is 6.20 Å². The largest absolute Gasteiger partial charge is 0.433 e. The zero-order valence-corrected chi connectivity index (χ0v) is 10.8. The van der Waals surface area contributed by atoms with Crippen LogP contribution in [0, 0.1) is 5.92 Å². The van der Waals surface area contributed by atoms with Gasteiger partial charge in [0, 0.05) is 32.3 Å². The molecular formula is C12H18F3N3O. The van der Waals surface area contributed by atoms with E-state index in [0.29, 0.717) is 6.54 Å². The van der Waals surface area contributed by atoms with Crippen LogP contribution >= 0.6 is 0 Å². The maximum Gasteiger partial charge on any atom is 0.433 e. The van der Waals surface area contributed by atoms with Crippen molar-refractivity contribution in [2.24, 2.45) is 13.0 Å². The molecule has 1 aliphatic rings. The Morgan fingerprint density at radius 1 is 1.47 bits per heavy atom. The van der Waals surface area contributed by atoms with E-state index < -0.39 is 11.9 Å². The van der Waals surface area contributed by atoms with Crippen molar-refractivity contribution in [3.63, 3.8) is 0 Å². The molecule has 0 spiro atoms. The Balaban J connectivity index is 2.11. The molecule has 1 atom stereocenters. The molecule has 0 aromatic carbocycles. The molecule has 1 fully saturated rings. The van der Waals surface area contributed by atoms with Crippen LogP contribution < -0.4 is 0 Å². The van der Waals surface area contributed by atoms with Crippen LogP contribution in [0.2, 0.25) is 0 Å². The third-order valence-corrected chi connectivity index (χ3v) is 3.54. The molecule has 1 aliphatic heterocycles. The molecule has 0 amide bonds. The predicted molar refractivity (Wildman–Crippen MR) is 63.3 cm³/mol. The molecule has 1 aromatic rings. The van der Waals surface area contributed by atoms with Crippen LogP contribution in [0.25, 0.3) is 0 Å². The molecule has 1 saturated heterocycles. The minimum absolute atomic E-state index is 0.0929. The number of piperidine rings is 1. The number of likely N-dealkylation sites (tertiary alicyclic amines) is 1. The second-order valence-electron chi connectivity index (χ2n) is 5.07. The summed E-state index contributed by atoms with van der Waals surface area (Å²) in [5.74, 6) is 0.166. The number of halogens is 3. The molecule has 0 aliphatic carbocycles. The van der Waals surface area contributed by atoms with E-state index in [1.807, 2.05) is 4.90 Å². The first-order valence-corrected chi connectivity index (χ1v) is 6.33. The second kappa shape index (κ2) is 5.50. The van der Waals surface area contributed by atoms with Crippen LogP contribution in [0.3, 0.4) is 0 Å². The monoisotopic (exact) mass is 277 g/mol. The van der Waals surface area contributed by atoms with Crippen LogP contribution in [0.4, 0.5) is 13.2 Å². The summed E-state index contributed by atoms with van der Waals surface area (Å²) in [6, 6.07) is 0. The third-order valence-electron chi connectivity index (χ3n) is 3.54. The molecule has 0 radical (unpaired) electrons. The number of nitrogens with zero attached hydrogens (tertiary/aromatic N) is 3. The van der Waals surface area contributed by atoms with E-state index in [2.05, 4.69) is 5.10 Å². The van der Waals surface area contributed by atoms with Crippen molar-refractivity contribution in [2.45, 2.75) is 25.6 Å². The van der Waals surface area contributed by atoms with E-state index in [9.17, 15) is 13.2 Å². The number of aliphatic hydroxyl groups excluding tert-OH is 1. The van der Waals surface area contributed by atoms with Crippen LogP contribution in [0.1, 0.15) is 24.1 Å². The lowest BCUT2D eigenvalue weighted by atomic mass is 9.98. The standard InChI is InChI=1S/C12H18F3N3O/c1-17-11(12(13,14)15)10(5-16-17)7-18-4-2-3-9(6-18)8-19/h5,9,19H,2-4,6-8H2,1H3. The van der Waals surface area contributed by atoms with E-state index in [0.717, 1.165) is 24.1 Å². The van der Waals surface area contributed by atoms with Gasteiger partial charge in [-0.1, -0.05) is 0 Å². The quantitative estimate of drug-likeness (QED) is 0.913. The first-order chi connectivity index (χ1) is 8.91. The summed E-state index contributed by atoms with van der Waals surface area (Å²) in [6.07, 6.45) is -1.25. The van der Waals surface area contributed by atoms with Crippen molar-refractivity contribution in [3.8, 4) is 0 Å². The minimum atomic E-state index is -4.38. The number of alkyl halides is 3. The third kappa shape index (κ3) is 3.27. The van der Waals surface area contributed by atoms with Crippen molar-refractivity contribution < 1.29 is 18.3 Å². The maximum absolute atomic E-state index is 12.9. The van der Waals surface area contributed by atoms with E-state index in [1.54, 1.807) is 0 Å². The van der Waals surface area contributed by atoms with Gasteiger partial charge in [0.15, 0.2) is 0 Å². The molecule has 0 saturated carbocycles. The highest BCUT2D eigenvalue weighted by atomic mass is 19.4. The van der Waals surface area contributed by atoms with Gasteiger partial charge in [0.25, 0.3) is 0 Å². The topological polar surface area (TPSA) is 41.3 Å². The van der Waals surface area contributed by atoms with Gasteiger partial charge in [0.05, 0.1) is 6.20 Å². The average Bonchev–Trinajstić information content (AvgIpc) is 2.70. The summed E-state index contributed by atoms with van der Waals surface area (Å²) >= 11 is 0. The molecule has 2 heterocycles. The molecule has 1 aromatic heterocycles. The molecule has 7 heteroatoms. The summed E-state index contributed by atoms with van der Waals surface area (Å²) < 4.78 is 39.6.